The standard InChI is InChI=1S/C10H14N2O3S/c13-10(14)9-6-8(15-11-9)7-12-2-1-4-16-5-3-12/h6H,1-5,7H2,(H,13,14). The Morgan fingerprint density at radius 3 is 3.19 bits per heavy atom. The van der Waals surface area contributed by atoms with Crippen molar-refractivity contribution in [3.05, 3.63) is 17.5 Å². The van der Waals surface area contributed by atoms with Crippen LogP contribution in [0.1, 0.15) is 22.7 Å². The third-order valence-electron chi connectivity index (χ3n) is 2.47. The van der Waals surface area contributed by atoms with E-state index < -0.39 is 5.97 Å². The van der Waals surface area contributed by atoms with Gasteiger partial charge in [-0.25, -0.2) is 4.79 Å². The maximum Gasteiger partial charge on any atom is 0.358 e. The first-order chi connectivity index (χ1) is 7.75. The summed E-state index contributed by atoms with van der Waals surface area (Å²) in [5.41, 5.74) is -0.0146. The van der Waals surface area contributed by atoms with Crippen LogP contribution in [-0.4, -0.2) is 45.7 Å². The second kappa shape index (κ2) is 5.36. The second-order valence-corrected chi connectivity index (χ2v) is 4.95. The highest BCUT2D eigenvalue weighted by Gasteiger charge is 2.15. The highest BCUT2D eigenvalue weighted by molar-refractivity contribution is 7.99. The first kappa shape index (κ1) is 11.5. The lowest BCUT2D eigenvalue weighted by atomic mass is 10.3. The number of carbonyl (C=O) groups is 1. The Balaban J connectivity index is 1.94. The van der Waals surface area contributed by atoms with Crippen LogP contribution in [0, 0.1) is 0 Å². The van der Waals surface area contributed by atoms with E-state index in [4.69, 9.17) is 9.63 Å². The zero-order valence-electron chi connectivity index (χ0n) is 8.89. The number of hydrogen-bond acceptors (Lipinski definition) is 5. The second-order valence-electron chi connectivity index (χ2n) is 3.73. The summed E-state index contributed by atoms with van der Waals surface area (Å²) < 4.78 is 4.99. The van der Waals surface area contributed by atoms with Crippen LogP contribution in [0.4, 0.5) is 0 Å². The van der Waals surface area contributed by atoms with Crippen molar-refractivity contribution < 1.29 is 14.4 Å². The SMILES string of the molecule is O=C(O)c1cc(CN2CCCSCC2)on1. The van der Waals surface area contributed by atoms with Crippen LogP contribution in [0.5, 0.6) is 0 Å². The van der Waals surface area contributed by atoms with Crippen molar-refractivity contribution in [1.82, 2.24) is 10.1 Å². The Labute approximate surface area is 97.8 Å². The summed E-state index contributed by atoms with van der Waals surface area (Å²) in [5, 5.41) is 12.2. The molecule has 0 aromatic carbocycles. The summed E-state index contributed by atoms with van der Waals surface area (Å²) in [4.78, 5) is 12.9. The topological polar surface area (TPSA) is 66.6 Å². The highest BCUT2D eigenvalue weighted by atomic mass is 32.2. The molecule has 1 fully saturated rings. The van der Waals surface area contributed by atoms with Gasteiger partial charge in [-0.1, -0.05) is 5.16 Å². The van der Waals surface area contributed by atoms with Crippen LogP contribution in [0.15, 0.2) is 10.6 Å². The molecule has 0 bridgehead atoms. The van der Waals surface area contributed by atoms with Gasteiger partial charge in [0.05, 0.1) is 6.54 Å². The largest absolute Gasteiger partial charge is 0.476 e. The summed E-state index contributed by atoms with van der Waals surface area (Å²) in [6.45, 7) is 2.71. The molecule has 1 aliphatic rings. The molecular formula is C10H14N2O3S. The lowest BCUT2D eigenvalue weighted by molar-refractivity contribution is 0.0685. The molecule has 6 heteroatoms. The third-order valence-corrected chi connectivity index (χ3v) is 3.52. The first-order valence-corrected chi connectivity index (χ1v) is 6.40. The lowest BCUT2D eigenvalue weighted by Crippen LogP contribution is -2.25. The minimum Gasteiger partial charge on any atom is -0.476 e. The van der Waals surface area contributed by atoms with E-state index in [-0.39, 0.29) is 5.69 Å². The van der Waals surface area contributed by atoms with Crippen molar-refractivity contribution in [2.75, 3.05) is 24.6 Å². The zero-order chi connectivity index (χ0) is 11.4. The molecule has 0 atom stereocenters. The fourth-order valence-corrected chi connectivity index (χ4v) is 2.59. The van der Waals surface area contributed by atoms with Crippen LogP contribution in [0.2, 0.25) is 0 Å². The number of thioether (sulfide) groups is 1. The quantitative estimate of drug-likeness (QED) is 0.862. The van der Waals surface area contributed by atoms with E-state index in [1.165, 1.54) is 18.2 Å². The molecule has 1 aromatic rings. The summed E-state index contributed by atoms with van der Waals surface area (Å²) in [6, 6.07) is 1.50. The van der Waals surface area contributed by atoms with Gasteiger partial charge >= 0.3 is 5.97 Å². The molecule has 2 heterocycles. The van der Waals surface area contributed by atoms with Gasteiger partial charge in [0, 0.05) is 18.4 Å². The van der Waals surface area contributed by atoms with E-state index >= 15 is 0 Å². The number of rotatable bonds is 3. The normalized spacial score (nSPS) is 18.2. The van der Waals surface area contributed by atoms with Crippen LogP contribution >= 0.6 is 11.8 Å². The molecule has 2 rings (SSSR count). The number of carboxylic acid groups (broad SMARTS) is 1. The van der Waals surface area contributed by atoms with Crippen molar-refractivity contribution in [3.8, 4) is 0 Å². The van der Waals surface area contributed by atoms with E-state index in [1.807, 2.05) is 11.8 Å². The van der Waals surface area contributed by atoms with Gasteiger partial charge in [-0.15, -0.1) is 0 Å². The Hall–Kier alpha value is -1.01. The summed E-state index contributed by atoms with van der Waals surface area (Å²) >= 11 is 1.96. The van der Waals surface area contributed by atoms with Crippen molar-refractivity contribution >= 4 is 17.7 Å². The maximum absolute atomic E-state index is 10.6. The number of nitrogens with zero attached hydrogens (tertiary/aromatic N) is 2. The maximum atomic E-state index is 10.6. The van der Waals surface area contributed by atoms with E-state index in [0.717, 1.165) is 18.8 Å². The molecule has 1 N–H and O–H groups in total. The van der Waals surface area contributed by atoms with Gasteiger partial charge in [0.2, 0.25) is 0 Å². The highest BCUT2D eigenvalue weighted by Crippen LogP contribution is 2.13. The van der Waals surface area contributed by atoms with Crippen LogP contribution in [0.3, 0.4) is 0 Å². The smallest absolute Gasteiger partial charge is 0.358 e. The van der Waals surface area contributed by atoms with Gasteiger partial charge in [-0.05, 0) is 18.7 Å². The summed E-state index contributed by atoms with van der Waals surface area (Å²) in [5.74, 6) is 1.92. The molecule has 1 aromatic heterocycles. The minimum atomic E-state index is -1.04. The Bertz CT molecular complexity index is 359. The van der Waals surface area contributed by atoms with Crippen molar-refractivity contribution in [2.45, 2.75) is 13.0 Å². The molecule has 5 nitrogen and oxygen atoms in total. The predicted octanol–water partition coefficient (Wildman–Crippen LogP) is 1.31. The monoisotopic (exact) mass is 242 g/mol. The van der Waals surface area contributed by atoms with E-state index in [1.54, 1.807) is 0 Å². The predicted molar refractivity (Wildman–Crippen MR) is 60.7 cm³/mol. The molecule has 0 saturated carbocycles. The Kier molecular flexibility index (Phi) is 3.84. The van der Waals surface area contributed by atoms with E-state index in [9.17, 15) is 4.79 Å². The fraction of sp³-hybridized carbons (Fsp3) is 0.600. The lowest BCUT2D eigenvalue weighted by Gasteiger charge is -2.16. The van der Waals surface area contributed by atoms with Gasteiger partial charge in [0.1, 0.15) is 0 Å². The Morgan fingerprint density at radius 2 is 2.44 bits per heavy atom. The van der Waals surface area contributed by atoms with E-state index in [0.29, 0.717) is 12.3 Å². The van der Waals surface area contributed by atoms with Gasteiger partial charge in [0.25, 0.3) is 0 Å². The molecule has 1 saturated heterocycles. The molecule has 0 aliphatic carbocycles. The summed E-state index contributed by atoms with van der Waals surface area (Å²) in [7, 11) is 0. The number of aromatic carboxylic acids is 1. The van der Waals surface area contributed by atoms with Crippen LogP contribution in [0.25, 0.3) is 0 Å². The molecule has 0 spiro atoms. The van der Waals surface area contributed by atoms with Gasteiger partial charge in [-0.3, -0.25) is 4.90 Å². The van der Waals surface area contributed by atoms with Gasteiger partial charge < -0.3 is 9.63 Å². The molecule has 0 amide bonds. The molecular weight excluding hydrogens is 228 g/mol. The van der Waals surface area contributed by atoms with Crippen LogP contribution < -0.4 is 0 Å². The van der Waals surface area contributed by atoms with Gasteiger partial charge in [-0.2, -0.15) is 11.8 Å². The molecule has 0 radical (unpaired) electrons. The van der Waals surface area contributed by atoms with Crippen LogP contribution in [-0.2, 0) is 6.54 Å². The first-order valence-electron chi connectivity index (χ1n) is 5.24. The number of hydrogen-bond donors (Lipinski definition) is 1. The minimum absolute atomic E-state index is 0.0146. The third kappa shape index (κ3) is 2.99. The summed E-state index contributed by atoms with van der Waals surface area (Å²) in [6.07, 6.45) is 1.17. The average Bonchev–Trinajstić information content (AvgIpc) is 2.56. The molecule has 88 valence electrons. The number of aromatic nitrogens is 1. The van der Waals surface area contributed by atoms with Crippen molar-refractivity contribution in [1.29, 1.82) is 0 Å². The molecule has 0 unspecified atom stereocenters. The van der Waals surface area contributed by atoms with Crippen molar-refractivity contribution in [3.63, 3.8) is 0 Å². The average molecular weight is 242 g/mol. The number of carboxylic acids is 1. The Morgan fingerprint density at radius 1 is 1.56 bits per heavy atom. The van der Waals surface area contributed by atoms with Crippen molar-refractivity contribution in [2.24, 2.45) is 0 Å². The zero-order valence-corrected chi connectivity index (χ0v) is 9.70. The fourth-order valence-electron chi connectivity index (χ4n) is 1.66. The molecule has 16 heavy (non-hydrogen) atoms. The van der Waals surface area contributed by atoms with E-state index in [2.05, 4.69) is 10.1 Å². The van der Waals surface area contributed by atoms with Gasteiger partial charge in [0.15, 0.2) is 11.5 Å². The molecule has 1 aliphatic heterocycles.